The largest absolute Gasteiger partial charge is 0.414 e. The van der Waals surface area contributed by atoms with Gasteiger partial charge in [-0.1, -0.05) is 55.4 Å². The van der Waals surface area contributed by atoms with Gasteiger partial charge < -0.3 is 9.53 Å². The lowest BCUT2D eigenvalue weighted by atomic mass is 9.44. The SMILES string of the molecule is CC(C)C(CC[C@@H](C)[C@H]1CC[C@H]2[C@@H]3[C@H](O)C[C@H]4CC(=O)CC[C@]4(C)[C@H]3CC[C@]12C)O[Si](C)(C)C(C)(C)C. The van der Waals surface area contributed by atoms with Crippen molar-refractivity contribution in [3.63, 3.8) is 0 Å². The topological polar surface area (TPSA) is 46.5 Å². The van der Waals surface area contributed by atoms with Gasteiger partial charge in [-0.2, -0.15) is 0 Å². The minimum Gasteiger partial charge on any atom is -0.414 e. The Bertz CT molecular complexity index is 830. The molecule has 4 rings (SSSR count). The summed E-state index contributed by atoms with van der Waals surface area (Å²) in [6.07, 6.45) is 11.1. The summed E-state index contributed by atoms with van der Waals surface area (Å²) in [5, 5.41) is 11.8. The zero-order valence-corrected chi connectivity index (χ0v) is 27.0. The molecule has 3 nitrogen and oxygen atoms in total. The zero-order chi connectivity index (χ0) is 27.6. The van der Waals surface area contributed by atoms with E-state index >= 15 is 0 Å². The van der Waals surface area contributed by atoms with Crippen molar-refractivity contribution >= 4 is 14.1 Å². The Kier molecular flexibility index (Phi) is 8.31. The molecule has 1 N–H and O–H groups in total. The maximum Gasteiger partial charge on any atom is 0.192 e. The van der Waals surface area contributed by atoms with Crippen LogP contribution in [0.25, 0.3) is 0 Å². The fraction of sp³-hybridized carbons (Fsp3) is 0.970. The predicted molar refractivity (Wildman–Crippen MR) is 157 cm³/mol. The third-order valence-corrected chi connectivity index (χ3v) is 17.7. The van der Waals surface area contributed by atoms with Gasteiger partial charge >= 0.3 is 0 Å². The van der Waals surface area contributed by atoms with Crippen molar-refractivity contribution < 1.29 is 14.3 Å². The van der Waals surface area contributed by atoms with Crippen molar-refractivity contribution in [2.75, 3.05) is 0 Å². The summed E-state index contributed by atoms with van der Waals surface area (Å²) in [5.74, 6) is 4.53. The highest BCUT2D eigenvalue weighted by Gasteiger charge is 2.62. The Balaban J connectivity index is 1.45. The third-order valence-electron chi connectivity index (χ3n) is 13.2. The van der Waals surface area contributed by atoms with E-state index in [1.54, 1.807) is 0 Å². The van der Waals surface area contributed by atoms with Gasteiger partial charge in [0.1, 0.15) is 5.78 Å². The molecule has 4 aliphatic rings. The lowest BCUT2D eigenvalue weighted by molar-refractivity contribution is -0.169. The van der Waals surface area contributed by atoms with Gasteiger partial charge in [0.25, 0.3) is 0 Å². The molecule has 4 fully saturated rings. The van der Waals surface area contributed by atoms with Crippen molar-refractivity contribution in [1.82, 2.24) is 0 Å². The first-order valence-corrected chi connectivity index (χ1v) is 18.8. The Morgan fingerprint density at radius 3 is 2.27 bits per heavy atom. The van der Waals surface area contributed by atoms with Crippen LogP contribution < -0.4 is 0 Å². The average molecular weight is 533 g/mol. The van der Waals surface area contributed by atoms with E-state index in [2.05, 4.69) is 68.5 Å². The number of ketones is 1. The van der Waals surface area contributed by atoms with Crippen LogP contribution in [0.3, 0.4) is 0 Å². The molecule has 0 saturated heterocycles. The maximum absolute atomic E-state index is 12.3. The normalized spacial score (nSPS) is 42.2. The first-order valence-electron chi connectivity index (χ1n) is 15.9. The molecule has 0 bridgehead atoms. The zero-order valence-electron chi connectivity index (χ0n) is 26.0. The van der Waals surface area contributed by atoms with Crippen molar-refractivity contribution in [1.29, 1.82) is 0 Å². The third kappa shape index (κ3) is 5.31. The Hall–Kier alpha value is -0.193. The molecule has 0 aliphatic heterocycles. The molecule has 10 atom stereocenters. The average Bonchev–Trinajstić information content (AvgIpc) is 3.14. The van der Waals surface area contributed by atoms with Gasteiger partial charge in [0.15, 0.2) is 8.32 Å². The molecule has 4 aliphatic carbocycles. The first kappa shape index (κ1) is 29.8. The fourth-order valence-corrected chi connectivity index (χ4v) is 11.2. The number of aliphatic hydroxyl groups excluding tert-OH is 1. The Labute approximate surface area is 230 Å². The molecule has 0 heterocycles. The van der Waals surface area contributed by atoms with Crippen LogP contribution in [0, 0.1) is 52.3 Å². The highest BCUT2D eigenvalue weighted by Crippen LogP contribution is 2.68. The quantitative estimate of drug-likeness (QED) is 0.334. The van der Waals surface area contributed by atoms with E-state index in [-0.39, 0.29) is 16.6 Å². The fourth-order valence-electron chi connectivity index (χ4n) is 9.70. The molecule has 4 saturated carbocycles. The summed E-state index contributed by atoms with van der Waals surface area (Å²) in [6, 6.07) is 0. The number of carbonyl (C=O) groups excluding carboxylic acids is 1. The smallest absolute Gasteiger partial charge is 0.192 e. The number of rotatable bonds is 7. The molecule has 4 heteroatoms. The second-order valence-electron chi connectivity index (χ2n) is 16.5. The standard InChI is InChI=1S/C33H60O3Si/c1-21(2)29(36-37(9,10)31(4,5)6)14-11-22(3)25-12-13-26-30-27(16-18-33(25,26)8)32(7)17-15-24(34)19-23(32)20-28(30)35/h21-23,25-30,35H,11-20H2,1-10H3/t22-,23-,25-,26+,27+,28-,29?,30+,32+,33-/m1/s1. The first-order chi connectivity index (χ1) is 17.0. The molecular formula is C33H60O3Si. The maximum atomic E-state index is 12.3. The summed E-state index contributed by atoms with van der Waals surface area (Å²) >= 11 is 0. The van der Waals surface area contributed by atoms with Gasteiger partial charge in [0, 0.05) is 18.9 Å². The summed E-state index contributed by atoms with van der Waals surface area (Å²) < 4.78 is 6.94. The van der Waals surface area contributed by atoms with E-state index in [9.17, 15) is 9.90 Å². The van der Waals surface area contributed by atoms with E-state index in [4.69, 9.17) is 4.43 Å². The van der Waals surface area contributed by atoms with Crippen LogP contribution in [0.5, 0.6) is 0 Å². The summed E-state index contributed by atoms with van der Waals surface area (Å²) in [6.45, 7) is 24.1. The highest BCUT2D eigenvalue weighted by atomic mass is 28.4. The van der Waals surface area contributed by atoms with Crippen molar-refractivity contribution in [2.45, 2.75) is 150 Å². The second-order valence-corrected chi connectivity index (χ2v) is 21.2. The monoisotopic (exact) mass is 532 g/mol. The van der Waals surface area contributed by atoms with E-state index in [1.165, 1.54) is 38.5 Å². The summed E-state index contributed by atoms with van der Waals surface area (Å²) in [4.78, 5) is 12.3. The Morgan fingerprint density at radius 2 is 1.65 bits per heavy atom. The van der Waals surface area contributed by atoms with Crippen LogP contribution in [0.1, 0.15) is 120 Å². The molecule has 0 radical (unpaired) electrons. The van der Waals surface area contributed by atoms with Gasteiger partial charge in [0.05, 0.1) is 6.10 Å². The van der Waals surface area contributed by atoms with Gasteiger partial charge in [-0.25, -0.2) is 0 Å². The lowest BCUT2D eigenvalue weighted by Crippen LogP contribution is -2.58. The molecule has 0 aromatic heterocycles. The van der Waals surface area contributed by atoms with Crippen LogP contribution in [0.4, 0.5) is 0 Å². The van der Waals surface area contributed by atoms with Gasteiger partial charge in [-0.3, -0.25) is 4.79 Å². The van der Waals surface area contributed by atoms with Crippen molar-refractivity contribution in [3.05, 3.63) is 0 Å². The van der Waals surface area contributed by atoms with E-state index < -0.39 is 8.32 Å². The molecular weight excluding hydrogens is 472 g/mol. The number of hydrogen-bond acceptors (Lipinski definition) is 3. The molecule has 0 aromatic rings. The van der Waals surface area contributed by atoms with E-state index in [1.807, 2.05) is 0 Å². The minimum absolute atomic E-state index is 0.212. The van der Waals surface area contributed by atoms with Crippen LogP contribution in [-0.4, -0.2) is 31.4 Å². The predicted octanol–water partition coefficient (Wildman–Crippen LogP) is 8.65. The van der Waals surface area contributed by atoms with Crippen molar-refractivity contribution in [3.8, 4) is 0 Å². The second kappa shape index (κ2) is 10.3. The van der Waals surface area contributed by atoms with Crippen LogP contribution in [0.15, 0.2) is 0 Å². The van der Waals surface area contributed by atoms with E-state index in [0.29, 0.717) is 59.2 Å². The number of hydrogen-bond donors (Lipinski definition) is 1. The molecule has 1 unspecified atom stereocenters. The summed E-state index contributed by atoms with van der Waals surface area (Å²) in [5.41, 5.74) is 0.608. The van der Waals surface area contributed by atoms with Crippen LogP contribution in [-0.2, 0) is 9.22 Å². The number of carbonyl (C=O) groups is 1. The molecule has 0 amide bonds. The number of Topliss-reactive ketones (excluding diaryl/α,β-unsaturated/α-hetero) is 1. The van der Waals surface area contributed by atoms with Crippen LogP contribution in [0.2, 0.25) is 18.1 Å². The van der Waals surface area contributed by atoms with Gasteiger partial charge in [-0.15, -0.1) is 0 Å². The Morgan fingerprint density at radius 1 is 1.00 bits per heavy atom. The molecule has 0 aromatic carbocycles. The molecule has 0 spiro atoms. The van der Waals surface area contributed by atoms with E-state index in [0.717, 1.165) is 25.2 Å². The van der Waals surface area contributed by atoms with Crippen LogP contribution >= 0.6 is 0 Å². The molecule has 37 heavy (non-hydrogen) atoms. The number of aliphatic hydroxyl groups is 1. The van der Waals surface area contributed by atoms with Gasteiger partial charge in [-0.05, 0) is 122 Å². The lowest BCUT2D eigenvalue weighted by Gasteiger charge is -2.62. The van der Waals surface area contributed by atoms with Crippen molar-refractivity contribution in [2.24, 2.45) is 52.3 Å². The minimum atomic E-state index is -1.78. The summed E-state index contributed by atoms with van der Waals surface area (Å²) in [7, 11) is -1.78. The molecule has 214 valence electrons. The number of fused-ring (bicyclic) bond motifs is 5. The van der Waals surface area contributed by atoms with Gasteiger partial charge in [0.2, 0.25) is 0 Å². The highest BCUT2D eigenvalue weighted by molar-refractivity contribution is 6.74.